The maximum absolute atomic E-state index is 13.7. The van der Waals surface area contributed by atoms with Gasteiger partial charge in [-0.05, 0) is 46.9 Å². The molecule has 0 aromatic heterocycles. The maximum Gasteiger partial charge on any atom is 0.309 e. The van der Waals surface area contributed by atoms with Crippen molar-refractivity contribution in [3.05, 3.63) is 53.4 Å². The van der Waals surface area contributed by atoms with Gasteiger partial charge in [0, 0.05) is 12.0 Å². The fourth-order valence-corrected chi connectivity index (χ4v) is 3.92. The van der Waals surface area contributed by atoms with Crippen molar-refractivity contribution in [1.82, 2.24) is 0 Å². The molecule has 0 spiro atoms. The van der Waals surface area contributed by atoms with E-state index in [1.54, 1.807) is 18.2 Å². The van der Waals surface area contributed by atoms with Crippen LogP contribution in [0.15, 0.2) is 36.4 Å². The number of hydrogen-bond acceptors (Lipinski definition) is 7. The zero-order chi connectivity index (χ0) is 24.7. The first-order chi connectivity index (χ1) is 16.3. The van der Waals surface area contributed by atoms with Gasteiger partial charge in [0.15, 0.2) is 11.5 Å². The third-order valence-electron chi connectivity index (χ3n) is 5.43. The molecule has 8 heteroatoms. The number of halogens is 1. The van der Waals surface area contributed by atoms with Crippen LogP contribution in [-0.4, -0.2) is 59.9 Å². The number of ether oxygens (including phenoxy) is 3. The Hall–Kier alpha value is -2.94. The summed E-state index contributed by atoms with van der Waals surface area (Å²) in [6.45, 7) is 3.64. The van der Waals surface area contributed by atoms with Crippen LogP contribution in [0, 0.1) is 5.82 Å². The number of cyclic esters (lactones) is 1. The molecule has 1 aliphatic rings. The molecule has 1 saturated heterocycles. The summed E-state index contributed by atoms with van der Waals surface area (Å²) in [7, 11) is 0. The van der Waals surface area contributed by atoms with Gasteiger partial charge in [0.1, 0.15) is 25.1 Å². The van der Waals surface area contributed by atoms with Crippen LogP contribution in [0.4, 0.5) is 4.39 Å². The lowest BCUT2D eigenvalue weighted by atomic mass is 9.88. The number of rotatable bonds is 10. The van der Waals surface area contributed by atoms with Crippen LogP contribution in [0.5, 0.6) is 11.5 Å². The highest BCUT2D eigenvalue weighted by atomic mass is 19.1. The molecule has 184 valence electrons. The predicted molar refractivity (Wildman–Crippen MR) is 125 cm³/mol. The van der Waals surface area contributed by atoms with Gasteiger partial charge in [0.25, 0.3) is 0 Å². The molecule has 1 fully saturated rings. The van der Waals surface area contributed by atoms with Crippen molar-refractivity contribution < 1.29 is 38.7 Å². The fraction of sp³-hybridized carbons (Fsp3) is 0.423. The highest BCUT2D eigenvalue weighted by Gasteiger charge is 2.26. The zero-order valence-corrected chi connectivity index (χ0v) is 19.4. The second-order valence-corrected chi connectivity index (χ2v) is 8.37. The van der Waals surface area contributed by atoms with Crippen molar-refractivity contribution in [2.75, 3.05) is 26.4 Å². The van der Waals surface area contributed by atoms with Crippen molar-refractivity contribution in [3.8, 4) is 22.6 Å². The highest BCUT2D eigenvalue weighted by molar-refractivity contribution is 5.85. The predicted octanol–water partition coefficient (Wildman–Crippen LogP) is 3.44. The largest absolute Gasteiger partial charge is 0.487 e. The first-order valence-electron chi connectivity index (χ1n) is 11.3. The molecule has 2 aromatic carbocycles. The standard InChI is InChI=1S/C26H31FO7/c1-16(2)22-15-23(32-11-9-28)26(33-12-10-29)25(17-3-5-18(27)6-4-17)21(22)8-7-20-13-19(30)14-24(31)34-20/h3-8,15-16,19-20,28-30H,9-14H2,1-2H3/b8-7+/t19-,20-/m1/s1. The molecule has 1 heterocycles. The van der Waals surface area contributed by atoms with E-state index >= 15 is 0 Å². The van der Waals surface area contributed by atoms with Gasteiger partial charge in [0.05, 0.1) is 25.7 Å². The van der Waals surface area contributed by atoms with E-state index in [9.17, 15) is 24.5 Å². The minimum Gasteiger partial charge on any atom is -0.487 e. The molecule has 3 N–H and O–H groups in total. The van der Waals surface area contributed by atoms with Gasteiger partial charge in [0.2, 0.25) is 0 Å². The van der Waals surface area contributed by atoms with Gasteiger partial charge in [-0.1, -0.05) is 32.1 Å². The number of aliphatic hydroxyl groups excluding tert-OH is 3. The molecule has 0 aliphatic carbocycles. The Morgan fingerprint density at radius 2 is 1.82 bits per heavy atom. The monoisotopic (exact) mass is 474 g/mol. The summed E-state index contributed by atoms with van der Waals surface area (Å²) in [5.74, 6) is -0.0720. The molecule has 7 nitrogen and oxygen atoms in total. The number of esters is 1. The van der Waals surface area contributed by atoms with Crippen molar-refractivity contribution in [2.24, 2.45) is 0 Å². The van der Waals surface area contributed by atoms with Gasteiger partial charge in [-0.15, -0.1) is 0 Å². The average Bonchev–Trinajstić information content (AvgIpc) is 2.79. The Balaban J connectivity index is 2.22. The van der Waals surface area contributed by atoms with Crippen LogP contribution in [-0.2, 0) is 9.53 Å². The van der Waals surface area contributed by atoms with Crippen LogP contribution in [0.3, 0.4) is 0 Å². The Bertz CT molecular complexity index is 1000. The van der Waals surface area contributed by atoms with Crippen molar-refractivity contribution >= 4 is 12.0 Å². The van der Waals surface area contributed by atoms with E-state index in [0.29, 0.717) is 22.6 Å². The van der Waals surface area contributed by atoms with E-state index in [2.05, 4.69) is 0 Å². The summed E-state index contributed by atoms with van der Waals surface area (Å²) in [6, 6.07) is 7.75. The second kappa shape index (κ2) is 12.0. The van der Waals surface area contributed by atoms with Crippen molar-refractivity contribution in [2.45, 2.75) is 44.8 Å². The molecule has 0 radical (unpaired) electrons. The SMILES string of the molecule is CC(C)c1cc(OCCO)c(OCCO)c(-c2ccc(F)cc2)c1/C=C/[C@@H]1C[C@@H](O)CC(=O)O1. The third kappa shape index (κ3) is 6.34. The van der Waals surface area contributed by atoms with E-state index in [1.807, 2.05) is 26.0 Å². The van der Waals surface area contributed by atoms with Crippen LogP contribution in [0.25, 0.3) is 17.2 Å². The summed E-state index contributed by atoms with van der Waals surface area (Å²) in [5, 5.41) is 28.6. The third-order valence-corrected chi connectivity index (χ3v) is 5.43. The quantitative estimate of drug-likeness (QED) is 0.453. The first kappa shape index (κ1) is 25.7. The Labute approximate surface area is 198 Å². The van der Waals surface area contributed by atoms with Gasteiger partial charge in [-0.25, -0.2) is 4.39 Å². The minimum absolute atomic E-state index is 0.000287. The van der Waals surface area contributed by atoms with Crippen LogP contribution >= 0.6 is 0 Å². The lowest BCUT2D eigenvalue weighted by molar-refractivity contribution is -0.156. The number of benzene rings is 2. The summed E-state index contributed by atoms with van der Waals surface area (Å²) < 4.78 is 30.8. The lowest BCUT2D eigenvalue weighted by Gasteiger charge is -2.25. The Morgan fingerprint density at radius 1 is 1.15 bits per heavy atom. The van der Waals surface area contributed by atoms with E-state index in [0.717, 1.165) is 11.1 Å². The summed E-state index contributed by atoms with van der Waals surface area (Å²) in [6.07, 6.45) is 2.43. The van der Waals surface area contributed by atoms with Crippen molar-refractivity contribution in [1.29, 1.82) is 0 Å². The van der Waals surface area contributed by atoms with Crippen LogP contribution in [0.1, 0.15) is 43.7 Å². The van der Waals surface area contributed by atoms with Crippen molar-refractivity contribution in [3.63, 3.8) is 0 Å². The summed E-state index contributed by atoms with van der Waals surface area (Å²) in [4.78, 5) is 11.8. The molecule has 0 saturated carbocycles. The van der Waals surface area contributed by atoms with E-state index in [4.69, 9.17) is 14.2 Å². The van der Waals surface area contributed by atoms with Gasteiger partial charge in [-0.2, -0.15) is 0 Å². The molecule has 34 heavy (non-hydrogen) atoms. The molecule has 2 aromatic rings. The molecule has 0 bridgehead atoms. The number of aliphatic hydroxyl groups is 3. The topological polar surface area (TPSA) is 105 Å². The summed E-state index contributed by atoms with van der Waals surface area (Å²) >= 11 is 0. The van der Waals surface area contributed by atoms with Crippen LogP contribution in [0.2, 0.25) is 0 Å². The maximum atomic E-state index is 13.7. The fourth-order valence-electron chi connectivity index (χ4n) is 3.92. The molecular formula is C26H31FO7. The molecule has 2 atom stereocenters. The summed E-state index contributed by atoms with van der Waals surface area (Å²) in [5.41, 5.74) is 2.92. The average molecular weight is 475 g/mol. The van der Waals surface area contributed by atoms with E-state index < -0.39 is 24.0 Å². The molecule has 0 amide bonds. The minimum atomic E-state index is -0.769. The van der Waals surface area contributed by atoms with Gasteiger partial charge < -0.3 is 29.5 Å². The Kier molecular flexibility index (Phi) is 9.04. The second-order valence-electron chi connectivity index (χ2n) is 8.37. The number of hydrogen-bond donors (Lipinski definition) is 3. The molecule has 0 unspecified atom stereocenters. The first-order valence-corrected chi connectivity index (χ1v) is 11.3. The zero-order valence-electron chi connectivity index (χ0n) is 19.4. The van der Waals surface area contributed by atoms with Gasteiger partial charge in [-0.3, -0.25) is 4.79 Å². The van der Waals surface area contributed by atoms with Gasteiger partial charge >= 0.3 is 5.97 Å². The highest BCUT2D eigenvalue weighted by Crippen LogP contribution is 2.45. The number of carbonyl (C=O) groups is 1. The Morgan fingerprint density at radius 3 is 2.44 bits per heavy atom. The van der Waals surface area contributed by atoms with E-state index in [1.165, 1.54) is 12.1 Å². The molecule has 1 aliphatic heterocycles. The lowest BCUT2D eigenvalue weighted by Crippen LogP contribution is -2.31. The normalized spacial score (nSPS) is 18.4. The molecular weight excluding hydrogens is 443 g/mol. The van der Waals surface area contributed by atoms with E-state index in [-0.39, 0.29) is 45.2 Å². The van der Waals surface area contributed by atoms with Crippen LogP contribution < -0.4 is 9.47 Å². The molecule has 3 rings (SSSR count). The smallest absolute Gasteiger partial charge is 0.309 e. The number of carbonyl (C=O) groups excluding carboxylic acids is 1.